The van der Waals surface area contributed by atoms with Gasteiger partial charge in [0.05, 0.1) is 24.1 Å². The van der Waals surface area contributed by atoms with E-state index in [1.54, 1.807) is 24.9 Å². The van der Waals surface area contributed by atoms with Crippen LogP contribution in [0.25, 0.3) is 0 Å². The Balaban J connectivity index is 0. The SMILES string of the molecule is CCCCCCCCCCCCCCC(CCC)[P+](CCCC)(CCCC)CCCC.[Br-]. The Morgan fingerprint density at radius 2 is 0.719 bits per heavy atom. The monoisotopic (exact) mass is 534 g/mol. The molecule has 0 aliphatic carbocycles. The topological polar surface area (TPSA) is 0 Å². The van der Waals surface area contributed by atoms with Crippen LogP contribution in [0.3, 0.4) is 0 Å². The highest BCUT2D eigenvalue weighted by molar-refractivity contribution is 7.76. The molecule has 32 heavy (non-hydrogen) atoms. The maximum atomic E-state index is 2.45. The molecule has 0 aliphatic heterocycles. The Hall–Kier alpha value is 0.910. The molecule has 0 amide bonds. The number of hydrogen-bond donors (Lipinski definition) is 0. The van der Waals surface area contributed by atoms with Gasteiger partial charge >= 0.3 is 0 Å². The minimum atomic E-state index is -0.755. The average Bonchev–Trinajstić information content (AvgIpc) is 2.79. The van der Waals surface area contributed by atoms with Gasteiger partial charge in [0, 0.05) is 7.26 Å². The Morgan fingerprint density at radius 1 is 0.375 bits per heavy atom. The zero-order valence-corrected chi connectivity index (χ0v) is 25.9. The standard InChI is InChI=1S/C30H64P.BrH/c1-6-11-15-16-17-18-19-20-21-22-23-24-26-30(25-10-5)31(27-12-7-2,28-13-8-3)29-14-9-4;/h30H,6-29H2,1-5H3;1H/q+1;/p-1. The lowest BCUT2D eigenvalue weighted by atomic mass is 10.0. The summed E-state index contributed by atoms with van der Waals surface area (Å²) in [5.41, 5.74) is 1.10. The van der Waals surface area contributed by atoms with Gasteiger partial charge in [-0.05, 0) is 38.5 Å². The molecule has 0 aromatic carbocycles. The number of halogens is 1. The van der Waals surface area contributed by atoms with Gasteiger partial charge in [0.1, 0.15) is 0 Å². The van der Waals surface area contributed by atoms with Gasteiger partial charge in [-0.2, -0.15) is 0 Å². The van der Waals surface area contributed by atoms with Crippen molar-refractivity contribution in [3.8, 4) is 0 Å². The fraction of sp³-hybridized carbons (Fsp3) is 1.00. The fourth-order valence-electron chi connectivity index (χ4n) is 5.55. The average molecular weight is 536 g/mol. The molecule has 0 heterocycles. The van der Waals surface area contributed by atoms with Crippen molar-refractivity contribution >= 4 is 7.26 Å². The maximum absolute atomic E-state index is 2.45. The fourth-order valence-corrected chi connectivity index (χ4v) is 11.7. The molecule has 0 fully saturated rings. The molecular formula is C30H64BrP. The van der Waals surface area contributed by atoms with E-state index >= 15 is 0 Å². The summed E-state index contributed by atoms with van der Waals surface area (Å²) in [5.74, 6) is 0. The summed E-state index contributed by atoms with van der Waals surface area (Å²) in [5, 5.41) is 0. The van der Waals surface area contributed by atoms with Gasteiger partial charge in [-0.25, -0.2) is 0 Å². The molecule has 0 N–H and O–H groups in total. The van der Waals surface area contributed by atoms with Crippen LogP contribution in [0.2, 0.25) is 0 Å². The normalized spacial score (nSPS) is 12.7. The van der Waals surface area contributed by atoms with Gasteiger partial charge in [0.2, 0.25) is 0 Å². The molecule has 0 rings (SSSR count). The molecule has 196 valence electrons. The Labute approximate surface area is 217 Å². The number of unbranched alkanes of at least 4 members (excludes halogenated alkanes) is 14. The van der Waals surface area contributed by atoms with Crippen molar-refractivity contribution in [3.05, 3.63) is 0 Å². The summed E-state index contributed by atoms with van der Waals surface area (Å²) in [6.45, 7) is 12.0. The second-order valence-electron chi connectivity index (χ2n) is 10.6. The first-order valence-corrected chi connectivity index (χ1v) is 17.5. The molecule has 0 radical (unpaired) electrons. The van der Waals surface area contributed by atoms with Crippen LogP contribution in [0.1, 0.15) is 169 Å². The van der Waals surface area contributed by atoms with Crippen LogP contribution in [0.4, 0.5) is 0 Å². The van der Waals surface area contributed by atoms with Gasteiger partial charge in [-0.1, -0.05) is 131 Å². The van der Waals surface area contributed by atoms with Gasteiger partial charge in [-0.15, -0.1) is 0 Å². The van der Waals surface area contributed by atoms with Gasteiger partial charge in [-0.3, -0.25) is 0 Å². The smallest absolute Gasteiger partial charge is 0.0697 e. The van der Waals surface area contributed by atoms with Crippen LogP contribution < -0.4 is 17.0 Å². The van der Waals surface area contributed by atoms with E-state index in [0.29, 0.717) is 0 Å². The predicted octanol–water partition coefficient (Wildman–Crippen LogP) is 8.67. The first-order valence-electron chi connectivity index (χ1n) is 15.1. The predicted molar refractivity (Wildman–Crippen MR) is 151 cm³/mol. The number of hydrogen-bond acceptors (Lipinski definition) is 0. The summed E-state index contributed by atoms with van der Waals surface area (Å²) in [6, 6.07) is 0. The van der Waals surface area contributed by atoms with E-state index < -0.39 is 7.26 Å². The Kier molecular flexibility index (Phi) is 29.1. The summed E-state index contributed by atoms with van der Waals surface area (Å²) in [6.07, 6.45) is 35.8. The highest BCUT2D eigenvalue weighted by atomic mass is 79.9. The number of rotatable bonds is 25. The van der Waals surface area contributed by atoms with E-state index in [2.05, 4.69) is 34.6 Å². The van der Waals surface area contributed by atoms with Crippen LogP contribution in [0.15, 0.2) is 0 Å². The van der Waals surface area contributed by atoms with Crippen LogP contribution in [-0.4, -0.2) is 24.1 Å². The third kappa shape index (κ3) is 18.3. The minimum Gasteiger partial charge on any atom is -1.00 e. The second-order valence-corrected chi connectivity index (χ2v) is 15.1. The van der Waals surface area contributed by atoms with Crippen molar-refractivity contribution in [2.75, 3.05) is 18.5 Å². The molecule has 0 saturated heterocycles. The van der Waals surface area contributed by atoms with E-state index in [1.165, 1.54) is 128 Å². The summed E-state index contributed by atoms with van der Waals surface area (Å²) < 4.78 is 0. The Bertz CT molecular complexity index is 322. The van der Waals surface area contributed by atoms with Gasteiger partial charge in [0.15, 0.2) is 0 Å². The first-order chi connectivity index (χ1) is 15.2. The molecule has 0 saturated carbocycles. The van der Waals surface area contributed by atoms with E-state index in [0.717, 1.165) is 5.66 Å². The molecule has 0 nitrogen and oxygen atoms in total. The van der Waals surface area contributed by atoms with Crippen LogP contribution in [-0.2, 0) is 0 Å². The molecule has 0 aromatic heterocycles. The van der Waals surface area contributed by atoms with E-state index in [4.69, 9.17) is 0 Å². The third-order valence-electron chi connectivity index (χ3n) is 7.66. The lowest BCUT2D eigenvalue weighted by molar-refractivity contribution is -0.00000712. The largest absolute Gasteiger partial charge is 1.00 e. The van der Waals surface area contributed by atoms with Crippen LogP contribution in [0, 0.1) is 0 Å². The lowest BCUT2D eigenvalue weighted by Crippen LogP contribution is -3.00. The molecule has 0 aliphatic rings. The van der Waals surface area contributed by atoms with Gasteiger partial charge < -0.3 is 17.0 Å². The van der Waals surface area contributed by atoms with E-state index in [1.807, 2.05) is 0 Å². The quantitative estimate of drug-likeness (QED) is 0.0810. The zero-order chi connectivity index (χ0) is 23.0. The lowest BCUT2D eigenvalue weighted by Gasteiger charge is -2.36. The highest BCUT2D eigenvalue weighted by Gasteiger charge is 2.42. The van der Waals surface area contributed by atoms with Crippen molar-refractivity contribution in [3.63, 3.8) is 0 Å². The third-order valence-corrected chi connectivity index (χ3v) is 13.3. The minimum absolute atomic E-state index is 0. The van der Waals surface area contributed by atoms with Crippen molar-refractivity contribution in [1.82, 2.24) is 0 Å². The first kappa shape index (κ1) is 35.1. The van der Waals surface area contributed by atoms with Crippen molar-refractivity contribution in [1.29, 1.82) is 0 Å². The van der Waals surface area contributed by atoms with E-state index in [9.17, 15) is 0 Å². The highest BCUT2D eigenvalue weighted by Crippen LogP contribution is 2.67. The molecular weight excluding hydrogens is 471 g/mol. The van der Waals surface area contributed by atoms with Crippen molar-refractivity contribution in [2.24, 2.45) is 0 Å². The maximum Gasteiger partial charge on any atom is 0.0697 e. The molecule has 0 aromatic rings. The molecule has 2 heteroatoms. The Morgan fingerprint density at radius 3 is 1.06 bits per heavy atom. The van der Waals surface area contributed by atoms with Crippen LogP contribution >= 0.6 is 7.26 Å². The molecule has 0 bridgehead atoms. The summed E-state index contributed by atoms with van der Waals surface area (Å²) in [7, 11) is -0.755. The molecule has 1 atom stereocenters. The molecule has 0 spiro atoms. The summed E-state index contributed by atoms with van der Waals surface area (Å²) in [4.78, 5) is 0. The summed E-state index contributed by atoms with van der Waals surface area (Å²) >= 11 is 0. The van der Waals surface area contributed by atoms with Gasteiger partial charge in [0.25, 0.3) is 0 Å². The van der Waals surface area contributed by atoms with E-state index in [-0.39, 0.29) is 17.0 Å². The molecule has 1 unspecified atom stereocenters. The second kappa shape index (κ2) is 26.5. The van der Waals surface area contributed by atoms with Crippen molar-refractivity contribution in [2.45, 2.75) is 175 Å². The zero-order valence-electron chi connectivity index (χ0n) is 23.4. The van der Waals surface area contributed by atoms with Crippen molar-refractivity contribution < 1.29 is 17.0 Å². The van der Waals surface area contributed by atoms with Crippen LogP contribution in [0.5, 0.6) is 0 Å².